The van der Waals surface area contributed by atoms with Crippen molar-refractivity contribution in [3.8, 4) is 0 Å². The summed E-state index contributed by atoms with van der Waals surface area (Å²) in [4.78, 5) is 46.1. The van der Waals surface area contributed by atoms with Crippen molar-refractivity contribution < 1.29 is 19.2 Å². The number of benzene rings is 1. The second-order valence-corrected chi connectivity index (χ2v) is 5.92. The van der Waals surface area contributed by atoms with Gasteiger partial charge in [0, 0.05) is 39.9 Å². The van der Waals surface area contributed by atoms with E-state index in [2.05, 4.69) is 5.32 Å². The molecule has 0 spiro atoms. The zero-order valence-corrected chi connectivity index (χ0v) is 18.0. The first kappa shape index (κ1) is 27.3. The van der Waals surface area contributed by atoms with Crippen LogP contribution in [0.4, 0.5) is 16.2 Å². The van der Waals surface area contributed by atoms with Crippen molar-refractivity contribution >= 4 is 35.5 Å². The number of aldehydes is 1. The van der Waals surface area contributed by atoms with Gasteiger partial charge < -0.3 is 20.7 Å². The predicted molar refractivity (Wildman–Crippen MR) is 113 cm³/mol. The van der Waals surface area contributed by atoms with E-state index < -0.39 is 6.03 Å². The summed E-state index contributed by atoms with van der Waals surface area (Å²) in [6, 6.07) is 6.43. The predicted octanol–water partition coefficient (Wildman–Crippen LogP) is 2.88. The molecule has 0 aliphatic rings. The van der Waals surface area contributed by atoms with Gasteiger partial charge in [0.1, 0.15) is 6.29 Å². The Morgan fingerprint density at radius 3 is 2.11 bits per heavy atom. The van der Waals surface area contributed by atoms with Gasteiger partial charge in [0.15, 0.2) is 0 Å². The first-order valence-corrected chi connectivity index (χ1v) is 9.21. The summed E-state index contributed by atoms with van der Waals surface area (Å²) in [5.74, 6) is -0.264. The zero-order chi connectivity index (χ0) is 22.3. The molecule has 0 aliphatic carbocycles. The lowest BCUT2D eigenvalue weighted by atomic mass is 10.1. The third kappa shape index (κ3) is 10.9. The van der Waals surface area contributed by atoms with Crippen LogP contribution in [0.1, 0.15) is 40.5 Å². The van der Waals surface area contributed by atoms with Crippen molar-refractivity contribution in [1.82, 2.24) is 4.90 Å². The number of hydrogen-bond acceptors (Lipinski definition) is 4. The lowest BCUT2D eigenvalue weighted by Gasteiger charge is -2.18. The number of nitrogens with two attached hydrogens (primary N) is 1. The van der Waals surface area contributed by atoms with Crippen molar-refractivity contribution in [2.24, 2.45) is 11.7 Å². The van der Waals surface area contributed by atoms with Crippen LogP contribution in [0.25, 0.3) is 0 Å². The van der Waals surface area contributed by atoms with Crippen molar-refractivity contribution in [3.63, 3.8) is 0 Å². The van der Waals surface area contributed by atoms with E-state index in [9.17, 15) is 19.2 Å². The molecule has 3 N–H and O–H groups in total. The highest BCUT2D eigenvalue weighted by atomic mass is 16.2. The maximum absolute atomic E-state index is 11.3. The number of rotatable bonds is 6. The van der Waals surface area contributed by atoms with Crippen LogP contribution >= 0.6 is 0 Å². The fraction of sp³-hybridized carbons (Fsp3) is 0.500. The molecule has 0 aliphatic heterocycles. The molecular formula is C20H34N4O4. The SMILES string of the molecule is CC.CC(C=O)CC(=O)N(C)C.CCC(=O)Nc1ccccc1N(C)C(N)=O. The molecule has 1 rings (SSSR count). The maximum atomic E-state index is 11.3. The summed E-state index contributed by atoms with van der Waals surface area (Å²) in [6.07, 6.45) is 1.49. The van der Waals surface area contributed by atoms with Crippen LogP contribution in [-0.2, 0) is 14.4 Å². The number of carbonyl (C=O) groups excluding carboxylic acids is 4. The van der Waals surface area contributed by atoms with Crippen molar-refractivity contribution in [3.05, 3.63) is 24.3 Å². The van der Waals surface area contributed by atoms with Crippen LogP contribution in [0.2, 0.25) is 0 Å². The minimum absolute atomic E-state index is 0.000370. The van der Waals surface area contributed by atoms with Crippen LogP contribution in [0.5, 0.6) is 0 Å². The van der Waals surface area contributed by atoms with Gasteiger partial charge >= 0.3 is 6.03 Å². The van der Waals surface area contributed by atoms with Gasteiger partial charge in [-0.2, -0.15) is 0 Å². The Bertz CT molecular complexity index is 632. The molecule has 0 aromatic heterocycles. The van der Waals surface area contributed by atoms with Crippen LogP contribution in [0.3, 0.4) is 0 Å². The van der Waals surface area contributed by atoms with Crippen molar-refractivity contribution in [2.45, 2.75) is 40.5 Å². The van der Waals surface area contributed by atoms with E-state index >= 15 is 0 Å². The van der Waals surface area contributed by atoms with E-state index in [-0.39, 0.29) is 17.7 Å². The Morgan fingerprint density at radius 2 is 1.68 bits per heavy atom. The quantitative estimate of drug-likeness (QED) is 0.722. The number of para-hydroxylation sites is 2. The Balaban J connectivity index is 0. The van der Waals surface area contributed by atoms with Gasteiger partial charge in [0.05, 0.1) is 11.4 Å². The largest absolute Gasteiger partial charge is 0.351 e. The molecule has 0 heterocycles. The van der Waals surface area contributed by atoms with Crippen LogP contribution < -0.4 is 16.0 Å². The summed E-state index contributed by atoms with van der Waals surface area (Å²) in [5, 5.41) is 2.71. The molecule has 1 aromatic rings. The topological polar surface area (TPSA) is 113 Å². The summed E-state index contributed by atoms with van der Waals surface area (Å²) in [7, 11) is 4.92. The lowest BCUT2D eigenvalue weighted by molar-refractivity contribution is -0.131. The highest BCUT2D eigenvalue weighted by molar-refractivity contribution is 5.99. The second kappa shape index (κ2) is 15.2. The third-order valence-electron chi connectivity index (χ3n) is 3.42. The van der Waals surface area contributed by atoms with Gasteiger partial charge in [0.25, 0.3) is 0 Å². The number of hydrogen-bond donors (Lipinski definition) is 2. The molecule has 0 radical (unpaired) electrons. The zero-order valence-electron chi connectivity index (χ0n) is 18.0. The normalized spacial score (nSPS) is 10.1. The highest BCUT2D eigenvalue weighted by Gasteiger charge is 2.12. The summed E-state index contributed by atoms with van der Waals surface area (Å²) in [6.45, 7) is 7.49. The fourth-order valence-corrected chi connectivity index (χ4v) is 1.74. The van der Waals surface area contributed by atoms with Gasteiger partial charge in [-0.05, 0) is 12.1 Å². The number of nitrogens with one attached hydrogen (secondary N) is 1. The van der Waals surface area contributed by atoms with E-state index in [1.54, 1.807) is 59.3 Å². The molecule has 1 aromatic carbocycles. The first-order valence-electron chi connectivity index (χ1n) is 9.21. The van der Waals surface area contributed by atoms with Gasteiger partial charge in [0.2, 0.25) is 11.8 Å². The van der Waals surface area contributed by atoms with Crippen LogP contribution in [-0.4, -0.2) is 50.2 Å². The molecule has 1 unspecified atom stereocenters. The number of nitrogens with zero attached hydrogens (tertiary/aromatic N) is 2. The monoisotopic (exact) mass is 394 g/mol. The maximum Gasteiger partial charge on any atom is 0.319 e. The third-order valence-corrected chi connectivity index (χ3v) is 3.42. The van der Waals surface area contributed by atoms with Gasteiger partial charge in [-0.3, -0.25) is 14.5 Å². The fourth-order valence-electron chi connectivity index (χ4n) is 1.74. The van der Waals surface area contributed by atoms with Crippen molar-refractivity contribution in [2.75, 3.05) is 31.4 Å². The van der Waals surface area contributed by atoms with Crippen molar-refractivity contribution in [1.29, 1.82) is 0 Å². The van der Waals surface area contributed by atoms with E-state index in [0.29, 0.717) is 24.2 Å². The lowest BCUT2D eigenvalue weighted by Crippen LogP contribution is -2.32. The molecule has 158 valence electrons. The molecule has 1 atom stereocenters. The summed E-state index contributed by atoms with van der Waals surface area (Å²) < 4.78 is 0. The highest BCUT2D eigenvalue weighted by Crippen LogP contribution is 2.24. The second-order valence-electron chi connectivity index (χ2n) is 5.92. The smallest absolute Gasteiger partial charge is 0.319 e. The minimum atomic E-state index is -0.571. The molecule has 0 saturated heterocycles. The van der Waals surface area contributed by atoms with E-state index in [0.717, 1.165) is 6.29 Å². The Morgan fingerprint density at radius 1 is 1.14 bits per heavy atom. The number of anilines is 2. The molecular weight excluding hydrogens is 360 g/mol. The number of amides is 4. The summed E-state index contributed by atoms with van der Waals surface area (Å²) >= 11 is 0. The Labute approximate surface area is 168 Å². The molecule has 8 nitrogen and oxygen atoms in total. The standard InChI is InChI=1S/C11H15N3O2.C7H13NO2.C2H6/c1-3-10(15)13-8-6-4-5-7-9(8)14(2)11(12)16;1-6(5-9)4-7(10)8(2)3;1-2/h4-7H,3H2,1-2H3,(H2,12,16)(H,13,15);5-6H,4H2,1-3H3;1-2H3. The molecule has 28 heavy (non-hydrogen) atoms. The Kier molecular flexibility index (Phi) is 14.8. The van der Waals surface area contributed by atoms with Gasteiger partial charge in [-0.1, -0.05) is 39.8 Å². The van der Waals surface area contributed by atoms with E-state index in [1.165, 1.54) is 9.80 Å². The molecule has 0 fully saturated rings. The average molecular weight is 395 g/mol. The van der Waals surface area contributed by atoms with Gasteiger partial charge in [-0.25, -0.2) is 4.79 Å². The molecule has 8 heteroatoms. The van der Waals surface area contributed by atoms with Gasteiger partial charge in [-0.15, -0.1) is 0 Å². The molecule has 0 saturated carbocycles. The minimum Gasteiger partial charge on any atom is -0.351 e. The summed E-state index contributed by atoms with van der Waals surface area (Å²) in [5.41, 5.74) is 6.33. The number of carbonyl (C=O) groups is 4. The molecule has 4 amide bonds. The first-order chi connectivity index (χ1) is 13.1. The average Bonchev–Trinajstić information content (AvgIpc) is 2.69. The number of urea groups is 1. The van der Waals surface area contributed by atoms with Crippen LogP contribution in [0, 0.1) is 5.92 Å². The number of primary amides is 1. The van der Waals surface area contributed by atoms with E-state index in [1.807, 2.05) is 13.8 Å². The van der Waals surface area contributed by atoms with Crippen LogP contribution in [0.15, 0.2) is 24.3 Å². The Hall–Kier alpha value is -2.90. The van der Waals surface area contributed by atoms with E-state index in [4.69, 9.17) is 5.73 Å². The molecule has 0 bridgehead atoms.